The number of Topliss-reactive ketones (excluding diaryl/α,β-unsaturated/α-hetero) is 1. The van der Waals surface area contributed by atoms with Crippen molar-refractivity contribution in [3.63, 3.8) is 0 Å². The van der Waals surface area contributed by atoms with Crippen molar-refractivity contribution in [1.82, 2.24) is 9.97 Å². The van der Waals surface area contributed by atoms with Crippen molar-refractivity contribution >= 4 is 11.8 Å². The zero-order valence-electron chi connectivity index (χ0n) is 17.5. The molecule has 0 amide bonds. The highest BCUT2D eigenvalue weighted by Gasteiger charge is 2.32. The van der Waals surface area contributed by atoms with Crippen LogP contribution >= 0.6 is 0 Å². The lowest BCUT2D eigenvalue weighted by Gasteiger charge is -2.29. The molecule has 3 aromatic rings. The minimum absolute atomic E-state index is 0.0536. The van der Waals surface area contributed by atoms with Crippen LogP contribution < -0.4 is 10.3 Å². The number of hydrogen-bond donors (Lipinski definition) is 2. The number of hydrogen-bond acceptors (Lipinski definition) is 5. The van der Waals surface area contributed by atoms with Crippen LogP contribution in [0.3, 0.4) is 0 Å². The number of carboxylic acids is 1. The molecule has 7 heteroatoms. The Morgan fingerprint density at radius 2 is 1.66 bits per heavy atom. The maximum absolute atomic E-state index is 12.9. The molecule has 2 aromatic carbocycles. The zero-order valence-corrected chi connectivity index (χ0v) is 17.5. The zero-order chi connectivity index (χ0) is 22.5. The van der Waals surface area contributed by atoms with E-state index in [1.165, 1.54) is 0 Å². The van der Waals surface area contributed by atoms with Crippen LogP contribution in [0.4, 0.5) is 0 Å². The van der Waals surface area contributed by atoms with E-state index < -0.39 is 17.2 Å². The number of benzene rings is 2. The number of carbonyl (C=O) groups is 2. The predicted octanol–water partition coefficient (Wildman–Crippen LogP) is 3.94. The van der Waals surface area contributed by atoms with E-state index in [-0.39, 0.29) is 35.8 Å². The van der Waals surface area contributed by atoms with Gasteiger partial charge in [-0.3, -0.25) is 9.59 Å². The van der Waals surface area contributed by atoms with E-state index in [0.717, 1.165) is 11.1 Å². The number of aromatic carboxylic acids is 1. The molecule has 32 heavy (non-hydrogen) atoms. The molecule has 0 aliphatic heterocycles. The normalized spacial score (nSPS) is 15.3. The van der Waals surface area contributed by atoms with Gasteiger partial charge < -0.3 is 14.8 Å². The number of aromatic amines is 1. The SMILES string of the molecule is O=C1CCC(C(c2ccccc2)c2nc(C(=O)O)c(OCc3ccccc3)c(=O)[nH]2)CC1. The summed E-state index contributed by atoms with van der Waals surface area (Å²) in [5.74, 6) is -1.38. The average molecular weight is 432 g/mol. The minimum atomic E-state index is -1.33. The van der Waals surface area contributed by atoms with E-state index in [1.54, 1.807) is 0 Å². The molecule has 1 aromatic heterocycles. The van der Waals surface area contributed by atoms with Gasteiger partial charge in [0, 0.05) is 18.8 Å². The fourth-order valence-electron chi connectivity index (χ4n) is 4.24. The van der Waals surface area contributed by atoms with Crippen LogP contribution in [0.5, 0.6) is 5.75 Å². The molecule has 1 heterocycles. The van der Waals surface area contributed by atoms with Gasteiger partial charge in [0.25, 0.3) is 5.56 Å². The molecule has 1 unspecified atom stereocenters. The summed E-state index contributed by atoms with van der Waals surface area (Å²) >= 11 is 0. The molecule has 1 saturated carbocycles. The fraction of sp³-hybridized carbons (Fsp3) is 0.280. The Balaban J connectivity index is 1.72. The Morgan fingerprint density at radius 1 is 1.03 bits per heavy atom. The lowest BCUT2D eigenvalue weighted by atomic mass is 9.76. The fourth-order valence-corrected chi connectivity index (χ4v) is 4.24. The summed E-state index contributed by atoms with van der Waals surface area (Å²) < 4.78 is 5.58. The van der Waals surface area contributed by atoms with Crippen molar-refractivity contribution in [3.05, 3.63) is 93.7 Å². The molecule has 0 radical (unpaired) electrons. The Hall–Kier alpha value is -3.74. The van der Waals surface area contributed by atoms with Crippen molar-refractivity contribution in [2.45, 2.75) is 38.2 Å². The summed E-state index contributed by atoms with van der Waals surface area (Å²) in [4.78, 5) is 43.8. The van der Waals surface area contributed by atoms with Crippen LogP contribution in [0.15, 0.2) is 65.5 Å². The Morgan fingerprint density at radius 3 is 2.28 bits per heavy atom. The number of carbonyl (C=O) groups excluding carboxylic acids is 1. The number of nitrogens with zero attached hydrogens (tertiary/aromatic N) is 1. The van der Waals surface area contributed by atoms with E-state index in [0.29, 0.717) is 25.7 Å². The second-order valence-electron chi connectivity index (χ2n) is 7.97. The van der Waals surface area contributed by atoms with E-state index in [2.05, 4.69) is 9.97 Å². The van der Waals surface area contributed by atoms with Crippen molar-refractivity contribution in [3.8, 4) is 5.75 Å². The van der Waals surface area contributed by atoms with E-state index in [9.17, 15) is 19.5 Å². The van der Waals surface area contributed by atoms with Gasteiger partial charge in [0.1, 0.15) is 18.2 Å². The monoisotopic (exact) mass is 432 g/mol. The van der Waals surface area contributed by atoms with Crippen LogP contribution in [-0.2, 0) is 11.4 Å². The maximum Gasteiger partial charge on any atom is 0.358 e. The van der Waals surface area contributed by atoms with Crippen molar-refractivity contribution in [1.29, 1.82) is 0 Å². The molecular formula is C25H24N2O5. The summed E-state index contributed by atoms with van der Waals surface area (Å²) in [5.41, 5.74) is 0.689. The first kappa shape index (κ1) is 21.5. The highest BCUT2D eigenvalue weighted by molar-refractivity contribution is 5.88. The number of aromatic nitrogens is 2. The number of ketones is 1. The van der Waals surface area contributed by atoms with Gasteiger partial charge in [-0.2, -0.15) is 0 Å². The molecule has 1 aliphatic rings. The van der Waals surface area contributed by atoms with E-state index in [1.807, 2.05) is 60.7 Å². The predicted molar refractivity (Wildman–Crippen MR) is 118 cm³/mol. The van der Waals surface area contributed by atoms with Crippen LogP contribution in [0.2, 0.25) is 0 Å². The summed E-state index contributed by atoms with van der Waals surface area (Å²) in [6.07, 6.45) is 2.28. The van der Waals surface area contributed by atoms with Crippen molar-refractivity contribution in [2.75, 3.05) is 0 Å². The van der Waals surface area contributed by atoms with E-state index in [4.69, 9.17) is 4.74 Å². The van der Waals surface area contributed by atoms with Crippen molar-refractivity contribution < 1.29 is 19.4 Å². The topological polar surface area (TPSA) is 109 Å². The third-order valence-corrected chi connectivity index (χ3v) is 5.84. The molecule has 0 spiro atoms. The molecule has 0 bridgehead atoms. The number of carboxylic acid groups (broad SMARTS) is 1. The first-order chi connectivity index (χ1) is 15.5. The highest BCUT2D eigenvalue weighted by atomic mass is 16.5. The van der Waals surface area contributed by atoms with Gasteiger partial charge in [0.05, 0.1) is 0 Å². The Labute approximate surface area is 185 Å². The van der Waals surface area contributed by atoms with Crippen LogP contribution in [-0.4, -0.2) is 26.8 Å². The number of rotatable bonds is 7. The van der Waals surface area contributed by atoms with Gasteiger partial charge in [-0.1, -0.05) is 60.7 Å². The third kappa shape index (κ3) is 4.77. The second-order valence-corrected chi connectivity index (χ2v) is 7.97. The summed E-state index contributed by atoms with van der Waals surface area (Å²) in [6.45, 7) is 0.0536. The second kappa shape index (κ2) is 9.60. The third-order valence-electron chi connectivity index (χ3n) is 5.84. The van der Waals surface area contributed by atoms with Gasteiger partial charge in [0.15, 0.2) is 5.69 Å². The number of ether oxygens (including phenoxy) is 1. The minimum Gasteiger partial charge on any atom is -0.481 e. The van der Waals surface area contributed by atoms with Gasteiger partial charge in [0.2, 0.25) is 5.75 Å². The molecule has 1 fully saturated rings. The van der Waals surface area contributed by atoms with Crippen LogP contribution in [0, 0.1) is 5.92 Å². The van der Waals surface area contributed by atoms with Gasteiger partial charge in [-0.05, 0) is 29.9 Å². The molecule has 7 nitrogen and oxygen atoms in total. The lowest BCUT2D eigenvalue weighted by molar-refractivity contribution is -0.121. The first-order valence-electron chi connectivity index (χ1n) is 10.6. The maximum atomic E-state index is 12.9. The standard InChI is InChI=1S/C25H24N2O5/c28-19-13-11-18(12-14-19)20(17-9-5-2-6-10-17)23-26-21(25(30)31)22(24(29)27-23)32-15-16-7-3-1-4-8-16/h1-10,18,20H,11-15H2,(H,30,31)(H,26,27,29). The first-order valence-corrected chi connectivity index (χ1v) is 10.6. The van der Waals surface area contributed by atoms with E-state index >= 15 is 0 Å². The molecule has 1 aliphatic carbocycles. The molecule has 2 N–H and O–H groups in total. The number of H-pyrrole nitrogens is 1. The van der Waals surface area contributed by atoms with Crippen LogP contribution in [0.1, 0.15) is 59.0 Å². The Bertz CT molecular complexity index is 1150. The van der Waals surface area contributed by atoms with Crippen molar-refractivity contribution in [2.24, 2.45) is 5.92 Å². The van der Waals surface area contributed by atoms with Gasteiger partial charge >= 0.3 is 5.97 Å². The smallest absolute Gasteiger partial charge is 0.358 e. The largest absolute Gasteiger partial charge is 0.481 e. The molecule has 0 saturated heterocycles. The molecule has 1 atom stereocenters. The summed E-state index contributed by atoms with van der Waals surface area (Å²) in [7, 11) is 0. The highest BCUT2D eigenvalue weighted by Crippen LogP contribution is 2.38. The summed E-state index contributed by atoms with van der Waals surface area (Å²) in [5, 5.41) is 9.77. The van der Waals surface area contributed by atoms with Gasteiger partial charge in [-0.15, -0.1) is 0 Å². The summed E-state index contributed by atoms with van der Waals surface area (Å²) in [6, 6.07) is 18.7. The quantitative estimate of drug-likeness (QED) is 0.585. The molecule has 4 rings (SSSR count). The lowest BCUT2D eigenvalue weighted by Crippen LogP contribution is -2.27. The average Bonchev–Trinajstić information content (AvgIpc) is 2.81. The van der Waals surface area contributed by atoms with Gasteiger partial charge in [-0.25, -0.2) is 9.78 Å². The number of nitrogens with one attached hydrogen (secondary N) is 1. The molecule has 164 valence electrons. The Kier molecular flexibility index (Phi) is 6.44. The molecular weight excluding hydrogens is 408 g/mol. The van der Waals surface area contributed by atoms with Crippen LogP contribution in [0.25, 0.3) is 0 Å².